The number of alkyl halides is 1. The van der Waals surface area contributed by atoms with Crippen LogP contribution in [-0.2, 0) is 22.8 Å². The molecule has 4 aromatic rings. The summed E-state index contributed by atoms with van der Waals surface area (Å²) < 4.78 is 27.4. The number of nitrogens with one attached hydrogen (secondary N) is 3. The van der Waals surface area contributed by atoms with Gasteiger partial charge in [-0.1, -0.05) is 13.0 Å². The van der Waals surface area contributed by atoms with E-state index in [9.17, 15) is 13.4 Å². The molecule has 0 bridgehead atoms. The standard InChI is InChI=1S/C20H22N8O2S.C4H7F/c1-12-23-19-15(8-18(22-11-29)26-20(19)24-12)25-14-6-5-13(17-9-21-10-27(17)2)7-16(14)28(3)31(4)30;1-3-2-4(3)5/h5-11H,1-4H3,(H3,22,23,24,25,26,29);3-4H,2H2,1H3/t;3-,4+/m.1/s1. The van der Waals surface area contributed by atoms with Crippen molar-refractivity contribution in [2.24, 2.45) is 13.0 Å². The zero-order chi connectivity index (χ0) is 26.0. The maximum absolute atomic E-state index is 12.3. The molecular formula is C24H29FN8O2S. The lowest BCUT2D eigenvalue weighted by molar-refractivity contribution is -0.105. The number of aromatic amines is 1. The fourth-order valence-electron chi connectivity index (χ4n) is 3.59. The van der Waals surface area contributed by atoms with Gasteiger partial charge in [-0.3, -0.25) is 9.10 Å². The number of anilines is 4. The molecule has 1 aliphatic rings. The van der Waals surface area contributed by atoms with Crippen LogP contribution in [0.2, 0.25) is 0 Å². The molecule has 3 N–H and O–H groups in total. The highest BCUT2D eigenvalue weighted by Crippen LogP contribution is 2.35. The maximum atomic E-state index is 12.3. The van der Waals surface area contributed by atoms with E-state index < -0.39 is 17.2 Å². The Hall–Kier alpha value is -3.80. The molecule has 5 rings (SSSR count). The van der Waals surface area contributed by atoms with E-state index in [2.05, 4.69) is 30.6 Å². The van der Waals surface area contributed by atoms with Crippen LogP contribution in [0.5, 0.6) is 0 Å². The second-order valence-corrected chi connectivity index (χ2v) is 10.1. The molecule has 36 heavy (non-hydrogen) atoms. The molecular weight excluding hydrogens is 483 g/mol. The highest BCUT2D eigenvalue weighted by Gasteiger charge is 2.31. The number of hydrogen-bond acceptors (Lipinski definition) is 6. The first kappa shape index (κ1) is 25.3. The lowest BCUT2D eigenvalue weighted by Crippen LogP contribution is -2.20. The molecule has 190 valence electrons. The molecule has 0 aliphatic heterocycles. The van der Waals surface area contributed by atoms with E-state index in [0.29, 0.717) is 40.8 Å². The van der Waals surface area contributed by atoms with Crippen molar-refractivity contribution in [1.29, 1.82) is 0 Å². The van der Waals surface area contributed by atoms with E-state index in [4.69, 9.17) is 0 Å². The van der Waals surface area contributed by atoms with Gasteiger partial charge in [0, 0.05) is 32.0 Å². The van der Waals surface area contributed by atoms with Gasteiger partial charge < -0.3 is 20.2 Å². The minimum absolute atomic E-state index is 0.372. The Balaban J connectivity index is 0.000000543. The molecule has 3 aromatic heterocycles. The largest absolute Gasteiger partial charge is 0.352 e. The van der Waals surface area contributed by atoms with Crippen molar-refractivity contribution in [2.75, 3.05) is 28.2 Å². The number of aryl methyl sites for hydroxylation is 2. The topological polar surface area (TPSA) is 121 Å². The van der Waals surface area contributed by atoms with Crippen molar-refractivity contribution < 1.29 is 13.4 Å². The number of carbonyl (C=O) groups is 1. The molecule has 1 aliphatic carbocycles. The normalized spacial score (nSPS) is 17.2. The third kappa shape index (κ3) is 5.54. The summed E-state index contributed by atoms with van der Waals surface area (Å²) in [4.78, 5) is 27.0. The zero-order valence-electron chi connectivity index (χ0n) is 20.7. The molecule has 1 unspecified atom stereocenters. The van der Waals surface area contributed by atoms with Gasteiger partial charge in [0.25, 0.3) is 0 Å². The number of rotatable bonds is 7. The van der Waals surface area contributed by atoms with Crippen LogP contribution < -0.4 is 14.9 Å². The van der Waals surface area contributed by atoms with Gasteiger partial charge in [-0.05, 0) is 31.4 Å². The number of hydrogen-bond donors (Lipinski definition) is 3. The van der Waals surface area contributed by atoms with Crippen molar-refractivity contribution in [1.82, 2.24) is 24.5 Å². The molecule has 3 atom stereocenters. The number of fused-ring (bicyclic) bond motifs is 1. The smallest absolute Gasteiger partial charge is 0.212 e. The minimum Gasteiger partial charge on any atom is -0.352 e. The molecule has 0 radical (unpaired) electrons. The molecule has 1 fully saturated rings. The van der Waals surface area contributed by atoms with Crippen molar-refractivity contribution in [3.8, 4) is 11.3 Å². The Labute approximate surface area is 210 Å². The molecule has 0 saturated heterocycles. The van der Waals surface area contributed by atoms with Crippen LogP contribution in [0.1, 0.15) is 19.2 Å². The molecule has 1 saturated carbocycles. The first-order valence-electron chi connectivity index (χ1n) is 11.3. The maximum Gasteiger partial charge on any atom is 0.212 e. The van der Waals surface area contributed by atoms with Crippen molar-refractivity contribution in [3.63, 3.8) is 0 Å². The number of imidazole rings is 2. The Morgan fingerprint density at radius 3 is 2.58 bits per heavy atom. The average molecular weight is 513 g/mol. The summed E-state index contributed by atoms with van der Waals surface area (Å²) in [7, 11) is 2.45. The van der Waals surface area contributed by atoms with Crippen LogP contribution in [0.25, 0.3) is 22.4 Å². The number of amides is 1. The van der Waals surface area contributed by atoms with E-state index >= 15 is 0 Å². The summed E-state index contributed by atoms with van der Waals surface area (Å²) in [6.45, 7) is 3.76. The van der Waals surface area contributed by atoms with Gasteiger partial charge in [-0.15, -0.1) is 0 Å². The van der Waals surface area contributed by atoms with Gasteiger partial charge in [-0.2, -0.15) is 0 Å². The summed E-state index contributed by atoms with van der Waals surface area (Å²) in [5.41, 5.74) is 5.23. The SMILES string of the molecule is C[C@@H]1C[C@@H]1F.Cc1nc2nc(NC=O)cc(Nc3ccc(-c4cncn4C)cc3N(C)S(C)=O)c2[nH]1. The second-order valence-electron chi connectivity index (χ2n) is 8.74. The highest BCUT2D eigenvalue weighted by molar-refractivity contribution is 7.85. The van der Waals surface area contributed by atoms with Crippen LogP contribution in [0, 0.1) is 12.8 Å². The fourth-order valence-corrected chi connectivity index (χ4v) is 4.02. The van der Waals surface area contributed by atoms with Crippen LogP contribution in [-0.4, -0.2) is 54.6 Å². The number of pyridine rings is 1. The average Bonchev–Trinajstić information content (AvgIpc) is 3.17. The summed E-state index contributed by atoms with van der Waals surface area (Å²) in [6.07, 6.45) is 6.06. The lowest BCUT2D eigenvalue weighted by atomic mass is 10.1. The predicted octanol–water partition coefficient (Wildman–Crippen LogP) is 4.07. The zero-order valence-corrected chi connectivity index (χ0v) is 21.6. The number of H-pyrrole nitrogens is 1. The molecule has 1 aromatic carbocycles. The van der Waals surface area contributed by atoms with E-state index in [1.807, 2.05) is 43.7 Å². The van der Waals surface area contributed by atoms with E-state index in [1.165, 1.54) is 0 Å². The number of carbonyl (C=O) groups excluding carboxylic acids is 1. The predicted molar refractivity (Wildman–Crippen MR) is 141 cm³/mol. The van der Waals surface area contributed by atoms with Crippen molar-refractivity contribution >= 4 is 51.4 Å². The quantitative estimate of drug-likeness (QED) is 0.321. The van der Waals surface area contributed by atoms with Crippen LogP contribution in [0.3, 0.4) is 0 Å². The highest BCUT2D eigenvalue weighted by atomic mass is 32.2. The van der Waals surface area contributed by atoms with Gasteiger partial charge in [0.05, 0.1) is 35.3 Å². The van der Waals surface area contributed by atoms with Gasteiger partial charge >= 0.3 is 0 Å². The molecule has 1 amide bonds. The molecule has 12 heteroatoms. The summed E-state index contributed by atoms with van der Waals surface area (Å²) in [5, 5.41) is 5.96. The van der Waals surface area contributed by atoms with E-state index in [-0.39, 0.29) is 0 Å². The Kier molecular flexibility index (Phi) is 7.34. The monoisotopic (exact) mass is 512 g/mol. The van der Waals surface area contributed by atoms with Gasteiger partial charge in [0.1, 0.15) is 34.3 Å². The first-order chi connectivity index (χ1) is 17.2. The van der Waals surface area contributed by atoms with Crippen molar-refractivity contribution in [3.05, 3.63) is 42.6 Å². The second kappa shape index (κ2) is 10.4. The van der Waals surface area contributed by atoms with Gasteiger partial charge in [0.15, 0.2) is 5.65 Å². The Bertz CT molecular complexity index is 1410. The molecule has 10 nitrogen and oxygen atoms in total. The minimum atomic E-state index is -1.24. The number of halogens is 1. The van der Waals surface area contributed by atoms with Crippen LogP contribution >= 0.6 is 0 Å². The number of nitrogens with zero attached hydrogens (tertiary/aromatic N) is 5. The van der Waals surface area contributed by atoms with Crippen molar-refractivity contribution in [2.45, 2.75) is 26.4 Å². The Morgan fingerprint density at radius 2 is 2.00 bits per heavy atom. The summed E-state index contributed by atoms with van der Waals surface area (Å²) in [6, 6.07) is 7.57. The molecule has 3 heterocycles. The van der Waals surface area contributed by atoms with E-state index in [1.54, 1.807) is 36.2 Å². The lowest BCUT2D eigenvalue weighted by Gasteiger charge is -2.22. The van der Waals surface area contributed by atoms with Crippen LogP contribution in [0.4, 0.5) is 27.3 Å². The summed E-state index contributed by atoms with van der Waals surface area (Å²) in [5.74, 6) is 1.46. The fraction of sp³-hybridized carbons (Fsp3) is 0.333. The van der Waals surface area contributed by atoms with Crippen LogP contribution in [0.15, 0.2) is 36.8 Å². The van der Waals surface area contributed by atoms with Gasteiger partial charge in [0.2, 0.25) is 6.41 Å². The first-order valence-corrected chi connectivity index (χ1v) is 12.9. The van der Waals surface area contributed by atoms with E-state index in [0.717, 1.165) is 29.1 Å². The Morgan fingerprint density at radius 1 is 1.28 bits per heavy atom. The van der Waals surface area contributed by atoms with Gasteiger partial charge in [-0.25, -0.2) is 23.6 Å². The third-order valence-corrected chi connectivity index (χ3v) is 6.87. The molecule has 0 spiro atoms. The number of benzene rings is 1. The number of aromatic nitrogens is 5. The third-order valence-electron chi connectivity index (χ3n) is 5.90. The summed E-state index contributed by atoms with van der Waals surface area (Å²) >= 11 is 0.